The van der Waals surface area contributed by atoms with Crippen molar-refractivity contribution in [2.45, 2.75) is 6.04 Å². The van der Waals surface area contributed by atoms with Crippen LogP contribution < -0.4 is 5.32 Å². The number of rotatable bonds is 1. The topological polar surface area (TPSA) is 58.5 Å². The molecular weight excluding hydrogens is 227 g/mol. The number of fused-ring (bicyclic) bond motifs is 1. The lowest BCUT2D eigenvalue weighted by Gasteiger charge is -2.01. The molecule has 0 bridgehead atoms. The van der Waals surface area contributed by atoms with E-state index in [2.05, 4.69) is 10.5 Å². The van der Waals surface area contributed by atoms with Gasteiger partial charge >= 0.3 is 0 Å². The Hall–Kier alpha value is -1.13. The van der Waals surface area contributed by atoms with Crippen LogP contribution in [0.2, 0.25) is 10.0 Å². The molecule has 0 aliphatic carbocycles. The summed E-state index contributed by atoms with van der Waals surface area (Å²) in [5.74, 6) is -0.451. The fourth-order valence-electron chi connectivity index (χ4n) is 1.34. The van der Waals surface area contributed by atoms with E-state index in [9.17, 15) is 9.70 Å². The molecule has 1 unspecified atom stereocenters. The predicted molar refractivity (Wildman–Crippen MR) is 53.6 cm³/mol. The van der Waals surface area contributed by atoms with Gasteiger partial charge in [0.1, 0.15) is 0 Å². The zero-order chi connectivity index (χ0) is 10.3. The van der Waals surface area contributed by atoms with Gasteiger partial charge in [-0.3, -0.25) is 4.79 Å². The smallest absolute Gasteiger partial charge is 0.257 e. The van der Waals surface area contributed by atoms with E-state index in [1.807, 2.05) is 0 Å². The van der Waals surface area contributed by atoms with Crippen molar-refractivity contribution in [2.24, 2.45) is 5.18 Å². The molecule has 1 aromatic carbocycles. The number of benzene rings is 1. The molecule has 0 spiro atoms. The molecule has 1 heterocycles. The second-order valence-corrected chi connectivity index (χ2v) is 3.67. The zero-order valence-corrected chi connectivity index (χ0v) is 8.26. The van der Waals surface area contributed by atoms with Crippen molar-refractivity contribution in [1.82, 2.24) is 0 Å². The number of halogens is 2. The minimum absolute atomic E-state index is 0.301. The van der Waals surface area contributed by atoms with Crippen LogP contribution in [0.25, 0.3) is 0 Å². The largest absolute Gasteiger partial charge is 0.323 e. The average Bonchev–Trinajstić information content (AvgIpc) is 2.42. The van der Waals surface area contributed by atoms with Gasteiger partial charge in [-0.15, -0.1) is 4.91 Å². The highest BCUT2D eigenvalue weighted by atomic mass is 35.5. The molecule has 6 heteroatoms. The lowest BCUT2D eigenvalue weighted by atomic mass is 10.1. The molecule has 1 aliphatic heterocycles. The molecule has 0 aromatic heterocycles. The maximum atomic E-state index is 11.2. The van der Waals surface area contributed by atoms with Gasteiger partial charge in [0.15, 0.2) is 6.04 Å². The Morgan fingerprint density at radius 1 is 1.29 bits per heavy atom. The van der Waals surface area contributed by atoms with Crippen molar-refractivity contribution >= 4 is 34.8 Å². The van der Waals surface area contributed by atoms with E-state index in [1.54, 1.807) is 0 Å². The quantitative estimate of drug-likeness (QED) is 0.755. The molecule has 72 valence electrons. The van der Waals surface area contributed by atoms with E-state index in [-0.39, 0.29) is 0 Å². The van der Waals surface area contributed by atoms with Gasteiger partial charge in [0.2, 0.25) is 0 Å². The molecule has 1 aromatic rings. The van der Waals surface area contributed by atoms with Crippen LogP contribution in [0.4, 0.5) is 5.69 Å². The Labute approximate surface area is 89.2 Å². The van der Waals surface area contributed by atoms with Crippen LogP contribution in [0.1, 0.15) is 11.6 Å². The van der Waals surface area contributed by atoms with Gasteiger partial charge in [0, 0.05) is 11.3 Å². The van der Waals surface area contributed by atoms with Crippen LogP contribution in [0, 0.1) is 4.91 Å². The number of carbonyl (C=O) groups excluding carboxylic acids is 1. The number of anilines is 1. The Bertz CT molecular complexity index is 434. The van der Waals surface area contributed by atoms with E-state index in [0.717, 1.165) is 0 Å². The van der Waals surface area contributed by atoms with Crippen LogP contribution in [0.3, 0.4) is 0 Å². The van der Waals surface area contributed by atoms with Crippen molar-refractivity contribution in [3.8, 4) is 0 Å². The SMILES string of the molecule is O=NC1C(=O)Nc2cc(Cl)c(Cl)cc21. The zero-order valence-electron chi connectivity index (χ0n) is 6.75. The minimum Gasteiger partial charge on any atom is -0.323 e. The second kappa shape index (κ2) is 3.22. The number of hydrogen-bond acceptors (Lipinski definition) is 3. The van der Waals surface area contributed by atoms with Crippen molar-refractivity contribution < 1.29 is 4.79 Å². The first-order valence-corrected chi connectivity index (χ1v) is 4.51. The lowest BCUT2D eigenvalue weighted by Crippen LogP contribution is -2.09. The highest BCUT2D eigenvalue weighted by molar-refractivity contribution is 6.42. The monoisotopic (exact) mass is 230 g/mol. The number of carbonyl (C=O) groups is 1. The first kappa shape index (κ1) is 9.43. The summed E-state index contributed by atoms with van der Waals surface area (Å²) >= 11 is 11.5. The van der Waals surface area contributed by atoms with Crippen LogP contribution >= 0.6 is 23.2 Å². The second-order valence-electron chi connectivity index (χ2n) is 2.85. The van der Waals surface area contributed by atoms with Gasteiger partial charge in [0.05, 0.1) is 10.0 Å². The van der Waals surface area contributed by atoms with Crippen molar-refractivity contribution in [3.05, 3.63) is 32.6 Å². The third-order valence-corrected chi connectivity index (χ3v) is 2.72. The summed E-state index contributed by atoms with van der Waals surface area (Å²) < 4.78 is 0. The predicted octanol–water partition coefficient (Wildman–Crippen LogP) is 2.75. The molecule has 1 N–H and O–H groups in total. The molecule has 14 heavy (non-hydrogen) atoms. The third-order valence-electron chi connectivity index (χ3n) is 2.00. The van der Waals surface area contributed by atoms with Crippen molar-refractivity contribution in [1.29, 1.82) is 0 Å². The average molecular weight is 231 g/mol. The Kier molecular flexibility index (Phi) is 2.17. The minimum atomic E-state index is -1.01. The van der Waals surface area contributed by atoms with Crippen molar-refractivity contribution in [2.75, 3.05) is 5.32 Å². The number of nitroso groups, excluding NO2 is 1. The molecule has 0 radical (unpaired) electrons. The van der Waals surface area contributed by atoms with Gasteiger partial charge in [-0.1, -0.05) is 28.4 Å². The molecule has 1 amide bonds. The van der Waals surface area contributed by atoms with Crippen molar-refractivity contribution in [3.63, 3.8) is 0 Å². The summed E-state index contributed by atoms with van der Waals surface area (Å²) in [6.07, 6.45) is 0. The first-order valence-electron chi connectivity index (χ1n) is 3.75. The number of amides is 1. The molecule has 1 atom stereocenters. The summed E-state index contributed by atoms with van der Waals surface area (Å²) in [7, 11) is 0. The van der Waals surface area contributed by atoms with Crippen LogP contribution in [0.5, 0.6) is 0 Å². The van der Waals surface area contributed by atoms with Crippen LogP contribution in [-0.2, 0) is 4.79 Å². The van der Waals surface area contributed by atoms with Gasteiger partial charge in [0.25, 0.3) is 5.91 Å². The molecule has 2 rings (SSSR count). The van der Waals surface area contributed by atoms with E-state index < -0.39 is 11.9 Å². The molecule has 0 saturated carbocycles. The van der Waals surface area contributed by atoms with E-state index in [4.69, 9.17) is 23.2 Å². The Balaban J connectivity index is 2.59. The van der Waals surface area contributed by atoms with E-state index in [1.165, 1.54) is 12.1 Å². The standard InChI is InChI=1S/C8H4Cl2N2O2/c9-4-1-3-6(2-5(4)10)11-8(13)7(3)12-14/h1-2,7H,(H,11,13). The summed E-state index contributed by atoms with van der Waals surface area (Å²) in [5.41, 5.74) is 0.966. The van der Waals surface area contributed by atoms with E-state index in [0.29, 0.717) is 21.3 Å². The van der Waals surface area contributed by atoms with Crippen LogP contribution in [0.15, 0.2) is 17.3 Å². The van der Waals surface area contributed by atoms with Gasteiger partial charge in [-0.25, -0.2) is 0 Å². The fraction of sp³-hybridized carbons (Fsp3) is 0.125. The summed E-state index contributed by atoms with van der Waals surface area (Å²) in [6, 6.07) is 1.96. The number of hydrogen-bond donors (Lipinski definition) is 1. The molecule has 4 nitrogen and oxygen atoms in total. The van der Waals surface area contributed by atoms with Gasteiger partial charge in [-0.2, -0.15) is 0 Å². The summed E-state index contributed by atoms with van der Waals surface area (Å²) in [6.45, 7) is 0. The fourth-order valence-corrected chi connectivity index (χ4v) is 1.68. The van der Waals surface area contributed by atoms with Crippen LogP contribution in [-0.4, -0.2) is 5.91 Å². The molecular formula is C8H4Cl2N2O2. The molecule has 0 saturated heterocycles. The van der Waals surface area contributed by atoms with E-state index >= 15 is 0 Å². The maximum absolute atomic E-state index is 11.2. The normalized spacial score (nSPS) is 19.0. The van der Waals surface area contributed by atoms with Gasteiger partial charge < -0.3 is 5.32 Å². The third kappa shape index (κ3) is 1.27. The highest BCUT2D eigenvalue weighted by Gasteiger charge is 2.32. The number of nitrogens with one attached hydrogen (secondary N) is 1. The number of nitrogens with zero attached hydrogens (tertiary/aromatic N) is 1. The first-order chi connectivity index (χ1) is 6.63. The Morgan fingerprint density at radius 3 is 2.57 bits per heavy atom. The highest BCUT2D eigenvalue weighted by Crippen LogP contribution is 2.38. The molecule has 0 fully saturated rings. The summed E-state index contributed by atoms with van der Waals surface area (Å²) in [4.78, 5) is 21.6. The Morgan fingerprint density at radius 2 is 1.93 bits per heavy atom. The summed E-state index contributed by atoms with van der Waals surface area (Å²) in [5, 5.41) is 5.84. The lowest BCUT2D eigenvalue weighted by molar-refractivity contribution is -0.116. The maximum Gasteiger partial charge on any atom is 0.257 e. The molecule has 1 aliphatic rings. The van der Waals surface area contributed by atoms with Gasteiger partial charge in [-0.05, 0) is 12.1 Å².